The highest BCUT2D eigenvalue weighted by Gasteiger charge is 2.44. The lowest BCUT2D eigenvalue weighted by Crippen LogP contribution is -2.31. The number of hydrogen-bond acceptors (Lipinski definition) is 7. The summed E-state index contributed by atoms with van der Waals surface area (Å²) in [6.45, 7) is 9.58. The smallest absolute Gasteiger partial charge is 0.254 e. The fourth-order valence-corrected chi connectivity index (χ4v) is 6.02. The minimum atomic E-state index is 0.366. The van der Waals surface area contributed by atoms with E-state index in [0.717, 1.165) is 54.8 Å². The number of thiazole rings is 1. The predicted molar refractivity (Wildman–Crippen MR) is 119 cm³/mol. The largest absolute Gasteiger partial charge is 0.356 e. The summed E-state index contributed by atoms with van der Waals surface area (Å²) in [6, 6.07) is 8.91. The zero-order valence-corrected chi connectivity index (χ0v) is 18.2. The third kappa shape index (κ3) is 3.06. The summed E-state index contributed by atoms with van der Waals surface area (Å²) >= 11 is 1.77. The van der Waals surface area contributed by atoms with E-state index in [0.29, 0.717) is 11.2 Å². The summed E-state index contributed by atoms with van der Waals surface area (Å²) in [7, 11) is 0. The Morgan fingerprint density at radius 1 is 1.07 bits per heavy atom. The molecule has 0 N–H and O–H groups in total. The highest BCUT2D eigenvalue weighted by Crippen LogP contribution is 2.41. The molecule has 0 amide bonds. The summed E-state index contributed by atoms with van der Waals surface area (Å²) < 4.78 is 3.16. The van der Waals surface area contributed by atoms with Crippen LogP contribution in [-0.4, -0.2) is 55.6 Å². The number of nitrogens with zero attached hydrogens (tertiary/aromatic N) is 7. The van der Waals surface area contributed by atoms with E-state index < -0.39 is 0 Å². The number of fused-ring (bicyclic) bond motifs is 2. The lowest BCUT2D eigenvalue weighted by atomic mass is 9.86. The van der Waals surface area contributed by atoms with Crippen LogP contribution in [0.25, 0.3) is 16.0 Å². The van der Waals surface area contributed by atoms with Crippen molar-refractivity contribution in [2.24, 2.45) is 5.41 Å². The van der Waals surface area contributed by atoms with Crippen LogP contribution in [0.3, 0.4) is 0 Å². The van der Waals surface area contributed by atoms with Gasteiger partial charge < -0.3 is 4.90 Å². The van der Waals surface area contributed by atoms with Gasteiger partial charge in [-0.2, -0.15) is 14.6 Å². The van der Waals surface area contributed by atoms with Gasteiger partial charge in [0.25, 0.3) is 5.78 Å². The standard InChI is InChI=1S/C22H25N7S/c1-15-9-20(29-21(25-15)23-14-24-29)28-8-6-22(13-28)5-7-27(12-22)11-17-3-4-19-18(10-17)26-16(2)30-19/h3-4,9-10,14H,5-8,11-13H2,1-2H3. The monoisotopic (exact) mass is 419 g/mol. The highest BCUT2D eigenvalue weighted by molar-refractivity contribution is 7.18. The van der Waals surface area contributed by atoms with E-state index in [1.165, 1.54) is 23.1 Å². The Hall–Kier alpha value is -2.58. The van der Waals surface area contributed by atoms with E-state index in [9.17, 15) is 0 Å². The Balaban J connectivity index is 1.19. The lowest BCUT2D eigenvalue weighted by molar-refractivity contribution is 0.270. The molecule has 2 fully saturated rings. The van der Waals surface area contributed by atoms with E-state index in [1.54, 1.807) is 17.7 Å². The Morgan fingerprint density at radius 2 is 1.97 bits per heavy atom. The first kappa shape index (κ1) is 18.2. The van der Waals surface area contributed by atoms with Crippen molar-refractivity contribution in [3.8, 4) is 0 Å². The Bertz CT molecular complexity index is 1240. The second-order valence-electron chi connectivity index (χ2n) is 8.89. The second kappa shape index (κ2) is 6.72. The molecule has 5 heterocycles. The molecular weight excluding hydrogens is 394 g/mol. The average molecular weight is 420 g/mol. The third-order valence-electron chi connectivity index (χ3n) is 6.61. The maximum absolute atomic E-state index is 4.67. The molecule has 1 spiro atoms. The highest BCUT2D eigenvalue weighted by atomic mass is 32.1. The second-order valence-corrected chi connectivity index (χ2v) is 10.1. The van der Waals surface area contributed by atoms with E-state index in [1.807, 2.05) is 11.4 Å². The Kier molecular flexibility index (Phi) is 4.08. The molecule has 1 atom stereocenters. The molecule has 0 saturated carbocycles. The van der Waals surface area contributed by atoms with Crippen molar-refractivity contribution in [1.29, 1.82) is 0 Å². The Labute approximate surface area is 179 Å². The molecule has 2 aliphatic heterocycles. The van der Waals surface area contributed by atoms with Gasteiger partial charge >= 0.3 is 0 Å². The SMILES string of the molecule is Cc1cc(N2CCC3(CCN(Cc4ccc5sc(C)nc5c4)C3)C2)n2ncnc2n1. The molecule has 2 saturated heterocycles. The normalized spacial score (nSPS) is 22.3. The van der Waals surface area contributed by atoms with Gasteiger partial charge in [-0.05, 0) is 50.9 Å². The number of benzene rings is 1. The molecule has 0 aliphatic carbocycles. The fourth-order valence-electron chi connectivity index (χ4n) is 5.21. The van der Waals surface area contributed by atoms with Crippen LogP contribution >= 0.6 is 11.3 Å². The number of hydrogen-bond donors (Lipinski definition) is 0. The zero-order chi connectivity index (χ0) is 20.3. The summed E-state index contributed by atoms with van der Waals surface area (Å²) in [5.41, 5.74) is 3.87. The van der Waals surface area contributed by atoms with Crippen LogP contribution in [0.1, 0.15) is 29.1 Å². The van der Waals surface area contributed by atoms with E-state index >= 15 is 0 Å². The third-order valence-corrected chi connectivity index (χ3v) is 7.56. The van der Waals surface area contributed by atoms with Crippen LogP contribution in [0.5, 0.6) is 0 Å². The number of anilines is 1. The molecule has 0 bridgehead atoms. The lowest BCUT2D eigenvalue weighted by Gasteiger charge is -2.26. The van der Waals surface area contributed by atoms with Crippen LogP contribution in [0, 0.1) is 19.3 Å². The topological polar surface area (TPSA) is 62.5 Å². The van der Waals surface area contributed by atoms with Crippen LogP contribution < -0.4 is 4.90 Å². The summed E-state index contributed by atoms with van der Waals surface area (Å²) in [5, 5.41) is 5.54. The molecular formula is C22H25N7S. The molecule has 6 rings (SSSR count). The molecule has 0 radical (unpaired) electrons. The summed E-state index contributed by atoms with van der Waals surface area (Å²) in [6.07, 6.45) is 4.08. The van der Waals surface area contributed by atoms with E-state index in [4.69, 9.17) is 0 Å². The van der Waals surface area contributed by atoms with Crippen LogP contribution in [-0.2, 0) is 6.54 Å². The van der Waals surface area contributed by atoms with Crippen molar-refractivity contribution < 1.29 is 0 Å². The molecule has 1 unspecified atom stereocenters. The predicted octanol–water partition coefficient (Wildman–Crippen LogP) is 3.45. The number of likely N-dealkylation sites (tertiary alicyclic amines) is 1. The van der Waals surface area contributed by atoms with Gasteiger partial charge in [0.2, 0.25) is 0 Å². The van der Waals surface area contributed by atoms with Crippen molar-refractivity contribution in [1.82, 2.24) is 29.5 Å². The van der Waals surface area contributed by atoms with E-state index in [-0.39, 0.29) is 0 Å². The van der Waals surface area contributed by atoms with Gasteiger partial charge in [0.15, 0.2) is 0 Å². The number of aryl methyl sites for hydroxylation is 2. The summed E-state index contributed by atoms with van der Waals surface area (Å²) in [5.74, 6) is 1.81. The number of rotatable bonds is 3. The number of aromatic nitrogens is 5. The average Bonchev–Trinajstić information content (AvgIpc) is 3.48. The zero-order valence-electron chi connectivity index (χ0n) is 17.4. The minimum absolute atomic E-state index is 0.366. The molecule has 3 aromatic heterocycles. The van der Waals surface area contributed by atoms with Crippen LogP contribution in [0.4, 0.5) is 5.82 Å². The van der Waals surface area contributed by atoms with Gasteiger partial charge in [0, 0.05) is 43.4 Å². The first-order valence-electron chi connectivity index (χ1n) is 10.6. The molecule has 4 aromatic rings. The van der Waals surface area contributed by atoms with Gasteiger partial charge in [-0.25, -0.2) is 9.97 Å². The van der Waals surface area contributed by atoms with Crippen molar-refractivity contribution in [2.75, 3.05) is 31.1 Å². The van der Waals surface area contributed by atoms with Crippen molar-refractivity contribution in [3.63, 3.8) is 0 Å². The van der Waals surface area contributed by atoms with Crippen LogP contribution in [0.15, 0.2) is 30.6 Å². The quantitative estimate of drug-likeness (QED) is 0.507. The van der Waals surface area contributed by atoms with Gasteiger partial charge in [0.05, 0.1) is 15.2 Å². The Morgan fingerprint density at radius 3 is 2.90 bits per heavy atom. The first-order chi connectivity index (χ1) is 14.6. The maximum atomic E-state index is 4.67. The molecule has 2 aliphatic rings. The fraction of sp³-hybridized carbons (Fsp3) is 0.455. The maximum Gasteiger partial charge on any atom is 0.254 e. The van der Waals surface area contributed by atoms with Gasteiger partial charge in [-0.3, -0.25) is 4.90 Å². The minimum Gasteiger partial charge on any atom is -0.356 e. The summed E-state index contributed by atoms with van der Waals surface area (Å²) in [4.78, 5) is 18.5. The van der Waals surface area contributed by atoms with Gasteiger partial charge in [-0.15, -0.1) is 11.3 Å². The van der Waals surface area contributed by atoms with Crippen LogP contribution in [0.2, 0.25) is 0 Å². The van der Waals surface area contributed by atoms with Crippen molar-refractivity contribution >= 4 is 33.1 Å². The van der Waals surface area contributed by atoms with E-state index in [2.05, 4.69) is 61.0 Å². The molecule has 7 nitrogen and oxygen atoms in total. The van der Waals surface area contributed by atoms with Gasteiger partial charge in [-0.1, -0.05) is 6.07 Å². The molecule has 30 heavy (non-hydrogen) atoms. The molecule has 8 heteroatoms. The van der Waals surface area contributed by atoms with Crippen molar-refractivity contribution in [3.05, 3.63) is 46.9 Å². The molecule has 1 aromatic carbocycles. The van der Waals surface area contributed by atoms with Crippen molar-refractivity contribution in [2.45, 2.75) is 33.2 Å². The van der Waals surface area contributed by atoms with Gasteiger partial charge in [0.1, 0.15) is 12.1 Å². The first-order valence-corrected chi connectivity index (χ1v) is 11.4. The molecule has 154 valence electrons.